The van der Waals surface area contributed by atoms with Crippen LogP contribution < -0.4 is 22.9 Å². The lowest BCUT2D eigenvalue weighted by atomic mass is 10.1. The summed E-state index contributed by atoms with van der Waals surface area (Å²) in [4.78, 5) is 40.5. The van der Waals surface area contributed by atoms with Gasteiger partial charge in [-0.25, -0.2) is 4.79 Å². The number of nitrogens with two attached hydrogens (primary N) is 4. The minimum Gasteiger partial charge on any atom is -0.480 e. The van der Waals surface area contributed by atoms with Gasteiger partial charge in [-0.15, -0.1) is 0 Å². The second kappa shape index (κ2) is 12.2. The average molecular weight is 358 g/mol. The first-order chi connectivity index (χ1) is 11.7. The number of amides is 2. The molecule has 2 atom stereocenters. The lowest BCUT2D eigenvalue weighted by molar-refractivity contribution is -0.158. The third-order valence-corrected chi connectivity index (χ3v) is 3.63. The highest BCUT2D eigenvalue weighted by Crippen LogP contribution is 2.11. The van der Waals surface area contributed by atoms with Crippen LogP contribution in [0.15, 0.2) is 4.99 Å². The smallest absolute Gasteiger partial charge is 0.326 e. The minimum atomic E-state index is -1.28. The summed E-state index contributed by atoms with van der Waals surface area (Å²) in [5.74, 6) is -2.58. The van der Waals surface area contributed by atoms with Crippen LogP contribution in [0.5, 0.6) is 0 Å². The van der Waals surface area contributed by atoms with Crippen molar-refractivity contribution in [1.29, 1.82) is 0 Å². The predicted molar refractivity (Wildman–Crippen MR) is 94.4 cm³/mol. The van der Waals surface area contributed by atoms with Crippen molar-refractivity contribution in [2.45, 2.75) is 57.5 Å². The Hall–Kier alpha value is -2.20. The third-order valence-electron chi connectivity index (χ3n) is 3.63. The average Bonchev–Trinajstić information content (AvgIpc) is 2.55. The lowest BCUT2D eigenvalue weighted by Gasteiger charge is -2.27. The fraction of sp³-hybridized carbons (Fsp3) is 0.733. The number of aliphatic carboxylic acids is 1. The summed E-state index contributed by atoms with van der Waals surface area (Å²) >= 11 is 0. The van der Waals surface area contributed by atoms with Gasteiger partial charge in [0.2, 0.25) is 11.8 Å². The van der Waals surface area contributed by atoms with Crippen LogP contribution in [0, 0.1) is 0 Å². The van der Waals surface area contributed by atoms with Crippen LogP contribution in [0.25, 0.3) is 0 Å². The molecule has 0 aliphatic carbocycles. The van der Waals surface area contributed by atoms with E-state index in [2.05, 4.69) is 4.99 Å². The molecule has 0 aromatic rings. The second-order valence-electron chi connectivity index (χ2n) is 5.77. The highest BCUT2D eigenvalue weighted by Gasteiger charge is 2.33. The molecule has 0 heterocycles. The van der Waals surface area contributed by atoms with E-state index < -0.39 is 29.9 Å². The van der Waals surface area contributed by atoms with Crippen LogP contribution in [0.4, 0.5) is 0 Å². The summed E-state index contributed by atoms with van der Waals surface area (Å²) in [5, 5.41) is 9.17. The van der Waals surface area contributed by atoms with E-state index in [1.54, 1.807) is 0 Å². The van der Waals surface area contributed by atoms with Gasteiger partial charge in [-0.3, -0.25) is 19.5 Å². The highest BCUT2D eigenvalue weighted by molar-refractivity contribution is 6.01. The van der Waals surface area contributed by atoms with Crippen LogP contribution in [0.2, 0.25) is 0 Å². The van der Waals surface area contributed by atoms with E-state index in [0.717, 1.165) is 17.7 Å². The van der Waals surface area contributed by atoms with Crippen molar-refractivity contribution < 1.29 is 19.5 Å². The number of aliphatic imine (C=N–C) groups is 1. The largest absolute Gasteiger partial charge is 0.480 e. The van der Waals surface area contributed by atoms with Gasteiger partial charge >= 0.3 is 5.97 Å². The standard InChI is InChI=1S/C15H30N6O4/c1-10(14(24)25)21(12(22)7-3-2-4-8-16)13(23)11(17)6-5-9-20-15(18)19/h10-11H,2-9,16-17H2,1H3,(H,24,25)(H4,18,19,20)/t10-,11-/m0/s1. The Labute approximate surface area is 147 Å². The number of carbonyl (C=O) groups excluding carboxylic acids is 2. The predicted octanol–water partition coefficient (Wildman–Crippen LogP) is -1.29. The highest BCUT2D eigenvalue weighted by atomic mass is 16.4. The molecule has 9 N–H and O–H groups in total. The van der Waals surface area contributed by atoms with E-state index in [1.807, 2.05) is 0 Å². The van der Waals surface area contributed by atoms with Crippen LogP contribution in [0.1, 0.15) is 45.4 Å². The fourth-order valence-corrected chi connectivity index (χ4v) is 2.18. The lowest BCUT2D eigenvalue weighted by Crippen LogP contribution is -2.53. The number of unbranched alkanes of at least 4 members (excludes halogenated alkanes) is 2. The third kappa shape index (κ3) is 9.01. The summed E-state index contributed by atoms with van der Waals surface area (Å²) in [7, 11) is 0. The van der Waals surface area contributed by atoms with Crippen molar-refractivity contribution in [3.63, 3.8) is 0 Å². The summed E-state index contributed by atoms with van der Waals surface area (Å²) in [6.45, 7) is 2.10. The molecular weight excluding hydrogens is 328 g/mol. The Morgan fingerprint density at radius 3 is 2.28 bits per heavy atom. The molecule has 0 aromatic heterocycles. The first kappa shape index (κ1) is 22.8. The van der Waals surface area contributed by atoms with Gasteiger partial charge in [0.15, 0.2) is 5.96 Å². The van der Waals surface area contributed by atoms with Crippen molar-refractivity contribution in [3.05, 3.63) is 0 Å². The SMILES string of the molecule is C[C@@H](C(=O)O)N(C(=O)CCCCCN)C(=O)[C@@H](N)CCCN=C(N)N. The zero-order chi connectivity index (χ0) is 19.4. The summed E-state index contributed by atoms with van der Waals surface area (Å²) in [6, 6.07) is -2.28. The van der Waals surface area contributed by atoms with Crippen molar-refractivity contribution in [2.24, 2.45) is 27.9 Å². The van der Waals surface area contributed by atoms with Crippen molar-refractivity contribution in [2.75, 3.05) is 13.1 Å². The van der Waals surface area contributed by atoms with Crippen LogP contribution >= 0.6 is 0 Å². The Bertz CT molecular complexity index is 479. The molecule has 10 nitrogen and oxygen atoms in total. The van der Waals surface area contributed by atoms with Gasteiger partial charge in [0.1, 0.15) is 6.04 Å². The zero-order valence-electron chi connectivity index (χ0n) is 14.7. The molecule has 2 amide bonds. The molecule has 0 aliphatic heterocycles. The van der Waals surface area contributed by atoms with Gasteiger partial charge in [-0.2, -0.15) is 0 Å². The van der Waals surface area contributed by atoms with Gasteiger partial charge in [-0.1, -0.05) is 6.42 Å². The van der Waals surface area contributed by atoms with Gasteiger partial charge in [-0.05, 0) is 39.2 Å². The van der Waals surface area contributed by atoms with E-state index >= 15 is 0 Å². The number of imide groups is 1. The number of carboxylic acid groups (broad SMARTS) is 1. The summed E-state index contributed by atoms with van der Waals surface area (Å²) in [6.07, 6.45) is 2.77. The molecule has 0 rings (SSSR count). The van der Waals surface area contributed by atoms with E-state index in [9.17, 15) is 14.4 Å². The molecular formula is C15H30N6O4. The Kier molecular flexibility index (Phi) is 11.1. The second-order valence-corrected chi connectivity index (χ2v) is 5.77. The van der Waals surface area contributed by atoms with Crippen molar-refractivity contribution in [3.8, 4) is 0 Å². The minimum absolute atomic E-state index is 0.0614. The van der Waals surface area contributed by atoms with E-state index in [4.69, 9.17) is 28.0 Å². The number of hydrogen-bond acceptors (Lipinski definition) is 6. The van der Waals surface area contributed by atoms with Crippen LogP contribution in [-0.2, 0) is 14.4 Å². The zero-order valence-corrected chi connectivity index (χ0v) is 14.7. The molecule has 25 heavy (non-hydrogen) atoms. The fourth-order valence-electron chi connectivity index (χ4n) is 2.18. The van der Waals surface area contributed by atoms with Crippen molar-refractivity contribution in [1.82, 2.24) is 4.90 Å². The van der Waals surface area contributed by atoms with Crippen molar-refractivity contribution >= 4 is 23.7 Å². The Balaban J connectivity index is 4.83. The Morgan fingerprint density at radius 2 is 1.76 bits per heavy atom. The van der Waals surface area contributed by atoms with Gasteiger partial charge < -0.3 is 28.0 Å². The monoisotopic (exact) mass is 358 g/mol. The number of hydrogen-bond donors (Lipinski definition) is 5. The topological polar surface area (TPSA) is 191 Å². The van der Waals surface area contributed by atoms with Gasteiger partial charge in [0, 0.05) is 13.0 Å². The molecule has 0 fully saturated rings. The van der Waals surface area contributed by atoms with E-state index in [0.29, 0.717) is 25.9 Å². The number of carboxylic acids is 1. The molecule has 10 heteroatoms. The van der Waals surface area contributed by atoms with Gasteiger partial charge in [0.25, 0.3) is 0 Å². The Morgan fingerprint density at radius 1 is 1.12 bits per heavy atom. The number of guanidine groups is 1. The first-order valence-electron chi connectivity index (χ1n) is 8.32. The maximum Gasteiger partial charge on any atom is 0.326 e. The molecule has 0 unspecified atom stereocenters. The molecule has 0 radical (unpaired) electrons. The number of rotatable bonds is 12. The normalized spacial score (nSPS) is 12.9. The molecule has 0 saturated heterocycles. The van der Waals surface area contributed by atoms with Crippen LogP contribution in [-0.4, -0.2) is 58.9 Å². The molecule has 0 bridgehead atoms. The quantitative estimate of drug-likeness (QED) is 0.162. The maximum atomic E-state index is 12.5. The summed E-state index contributed by atoms with van der Waals surface area (Å²) < 4.78 is 0. The number of nitrogens with zero attached hydrogens (tertiary/aromatic N) is 2. The molecule has 144 valence electrons. The molecule has 0 saturated carbocycles. The summed E-state index contributed by atoms with van der Waals surface area (Å²) in [5.41, 5.74) is 21.6. The molecule has 0 aromatic carbocycles. The van der Waals surface area contributed by atoms with Crippen LogP contribution in [0.3, 0.4) is 0 Å². The molecule has 0 aliphatic rings. The maximum absolute atomic E-state index is 12.5. The first-order valence-corrected chi connectivity index (χ1v) is 8.32. The van der Waals surface area contributed by atoms with E-state index in [1.165, 1.54) is 6.92 Å². The number of carbonyl (C=O) groups is 3. The molecule has 0 spiro atoms. The van der Waals surface area contributed by atoms with Gasteiger partial charge in [0.05, 0.1) is 6.04 Å². The van der Waals surface area contributed by atoms with E-state index in [-0.39, 0.29) is 18.8 Å².